The Morgan fingerprint density at radius 3 is 1.12 bits per heavy atom. The highest BCUT2D eigenvalue weighted by Crippen LogP contribution is 2.13. The monoisotopic (exact) mass is 358 g/mol. The molecule has 0 radical (unpaired) electrons. The van der Waals surface area contributed by atoms with Crippen LogP contribution in [0.4, 0.5) is 0 Å². The summed E-state index contributed by atoms with van der Waals surface area (Å²) in [6.45, 7) is 10.7. The van der Waals surface area contributed by atoms with Crippen LogP contribution < -0.4 is 0 Å². The van der Waals surface area contributed by atoms with Gasteiger partial charge in [0.05, 0.1) is 0 Å². The molecule has 0 aromatic heterocycles. The maximum Gasteiger partial charge on any atom is 0.331 e. The van der Waals surface area contributed by atoms with Gasteiger partial charge in [0, 0.05) is 13.2 Å². The molecule has 0 saturated carbocycles. The highest BCUT2D eigenvalue weighted by molar-refractivity contribution is 6.64. The van der Waals surface area contributed by atoms with Crippen molar-refractivity contribution in [3.63, 3.8) is 0 Å². The van der Waals surface area contributed by atoms with Crippen LogP contribution in [0.25, 0.3) is 0 Å². The quantitative estimate of drug-likeness (QED) is 0.175. The summed E-state index contributed by atoms with van der Waals surface area (Å²) in [7, 11) is -1.86. The SMILES string of the molecule is CCCCCCCCCCCCCO[Si](C)(C)OCCCCCC. The van der Waals surface area contributed by atoms with Crippen LogP contribution in [0.3, 0.4) is 0 Å². The van der Waals surface area contributed by atoms with E-state index in [4.69, 9.17) is 8.85 Å². The Morgan fingerprint density at radius 2 is 0.750 bits per heavy atom. The van der Waals surface area contributed by atoms with Crippen LogP contribution in [0.5, 0.6) is 0 Å². The van der Waals surface area contributed by atoms with E-state index in [1.54, 1.807) is 0 Å². The topological polar surface area (TPSA) is 18.5 Å². The minimum Gasteiger partial charge on any atom is -0.395 e. The van der Waals surface area contributed by atoms with Gasteiger partial charge in [-0.05, 0) is 25.9 Å². The predicted molar refractivity (Wildman–Crippen MR) is 110 cm³/mol. The maximum atomic E-state index is 6.04. The summed E-state index contributed by atoms with van der Waals surface area (Å²) >= 11 is 0. The zero-order valence-electron chi connectivity index (χ0n) is 17.3. The van der Waals surface area contributed by atoms with E-state index in [9.17, 15) is 0 Å². The normalized spacial score (nSPS) is 12.0. The summed E-state index contributed by atoms with van der Waals surface area (Å²) in [6.07, 6.45) is 20.3. The number of rotatable bonds is 19. The zero-order chi connectivity index (χ0) is 17.9. The first-order chi connectivity index (χ1) is 11.6. The fraction of sp³-hybridized carbons (Fsp3) is 1.00. The largest absolute Gasteiger partial charge is 0.395 e. The third-order valence-electron chi connectivity index (χ3n) is 4.65. The van der Waals surface area contributed by atoms with Crippen LogP contribution in [-0.2, 0) is 8.85 Å². The molecule has 146 valence electrons. The Labute approximate surface area is 154 Å². The molecule has 24 heavy (non-hydrogen) atoms. The Morgan fingerprint density at radius 1 is 0.458 bits per heavy atom. The third kappa shape index (κ3) is 18.5. The van der Waals surface area contributed by atoms with Gasteiger partial charge in [0.2, 0.25) is 0 Å². The maximum absolute atomic E-state index is 6.04. The van der Waals surface area contributed by atoms with E-state index in [1.165, 1.54) is 96.3 Å². The lowest BCUT2D eigenvalue weighted by Crippen LogP contribution is -2.35. The summed E-state index contributed by atoms with van der Waals surface area (Å²) in [5, 5.41) is 0. The summed E-state index contributed by atoms with van der Waals surface area (Å²) < 4.78 is 12.0. The molecule has 0 atom stereocenters. The second kappa shape index (κ2) is 17.9. The van der Waals surface area contributed by atoms with Crippen molar-refractivity contribution in [2.45, 2.75) is 123 Å². The van der Waals surface area contributed by atoms with Gasteiger partial charge in [-0.2, -0.15) is 0 Å². The van der Waals surface area contributed by atoms with E-state index in [0.29, 0.717) is 0 Å². The molecule has 0 heterocycles. The number of hydrogen-bond donors (Lipinski definition) is 0. The lowest BCUT2D eigenvalue weighted by molar-refractivity contribution is 0.173. The van der Waals surface area contributed by atoms with Gasteiger partial charge in [0.25, 0.3) is 0 Å². The summed E-state index contributed by atoms with van der Waals surface area (Å²) in [5.74, 6) is 0. The average molecular weight is 359 g/mol. The molecule has 3 heteroatoms. The van der Waals surface area contributed by atoms with Crippen molar-refractivity contribution >= 4 is 8.56 Å². The van der Waals surface area contributed by atoms with Gasteiger partial charge < -0.3 is 8.85 Å². The minimum absolute atomic E-state index is 0.886. The molecule has 0 amide bonds. The van der Waals surface area contributed by atoms with E-state index in [0.717, 1.165) is 13.2 Å². The Bertz CT molecular complexity index is 244. The summed E-state index contributed by atoms with van der Waals surface area (Å²) in [5.41, 5.74) is 0. The molecule has 0 N–H and O–H groups in total. The summed E-state index contributed by atoms with van der Waals surface area (Å²) in [4.78, 5) is 0. The van der Waals surface area contributed by atoms with Crippen LogP contribution in [-0.4, -0.2) is 21.8 Å². The lowest BCUT2D eigenvalue weighted by atomic mass is 10.1. The van der Waals surface area contributed by atoms with Crippen molar-refractivity contribution in [2.24, 2.45) is 0 Å². The van der Waals surface area contributed by atoms with E-state index in [-0.39, 0.29) is 0 Å². The second-order valence-electron chi connectivity index (χ2n) is 7.69. The third-order valence-corrected chi connectivity index (χ3v) is 6.44. The van der Waals surface area contributed by atoms with Crippen molar-refractivity contribution in [3.8, 4) is 0 Å². The van der Waals surface area contributed by atoms with E-state index in [1.807, 2.05) is 0 Å². The molecule has 0 aromatic rings. The van der Waals surface area contributed by atoms with Crippen LogP contribution in [0.2, 0.25) is 13.1 Å². The Hall–Kier alpha value is 0.137. The van der Waals surface area contributed by atoms with Crippen LogP contribution in [0.1, 0.15) is 110 Å². The van der Waals surface area contributed by atoms with Gasteiger partial charge in [-0.25, -0.2) is 0 Å². The fourth-order valence-corrected chi connectivity index (χ4v) is 4.33. The first-order valence-electron chi connectivity index (χ1n) is 10.9. The lowest BCUT2D eigenvalue weighted by Gasteiger charge is -2.22. The van der Waals surface area contributed by atoms with E-state index >= 15 is 0 Å². The molecule has 0 spiro atoms. The molecular formula is C21H46O2Si. The van der Waals surface area contributed by atoms with Gasteiger partial charge >= 0.3 is 8.56 Å². The van der Waals surface area contributed by atoms with Crippen molar-refractivity contribution in [1.82, 2.24) is 0 Å². The molecule has 0 aliphatic rings. The highest BCUT2D eigenvalue weighted by Gasteiger charge is 2.23. The number of hydrogen-bond acceptors (Lipinski definition) is 2. The van der Waals surface area contributed by atoms with Crippen molar-refractivity contribution in [3.05, 3.63) is 0 Å². The van der Waals surface area contributed by atoms with Gasteiger partial charge in [-0.1, -0.05) is 97.3 Å². The average Bonchev–Trinajstić information content (AvgIpc) is 2.55. The van der Waals surface area contributed by atoms with Crippen LogP contribution in [0.15, 0.2) is 0 Å². The minimum atomic E-state index is -1.86. The van der Waals surface area contributed by atoms with Crippen LogP contribution >= 0.6 is 0 Å². The zero-order valence-corrected chi connectivity index (χ0v) is 18.3. The van der Waals surface area contributed by atoms with Gasteiger partial charge in [0.15, 0.2) is 0 Å². The smallest absolute Gasteiger partial charge is 0.331 e. The standard InChI is InChI=1S/C21H46O2Si/c1-5-7-9-11-12-13-14-15-16-17-19-21-23-24(3,4)22-20-18-10-8-6-2/h5-21H2,1-4H3. The molecule has 0 rings (SSSR count). The van der Waals surface area contributed by atoms with Crippen molar-refractivity contribution < 1.29 is 8.85 Å². The molecular weight excluding hydrogens is 312 g/mol. The van der Waals surface area contributed by atoms with Crippen LogP contribution in [0, 0.1) is 0 Å². The van der Waals surface area contributed by atoms with Crippen molar-refractivity contribution in [1.29, 1.82) is 0 Å². The predicted octanol–water partition coefficient (Wildman–Crippen LogP) is 7.61. The highest BCUT2D eigenvalue weighted by atomic mass is 28.4. The molecule has 0 unspecified atom stereocenters. The Balaban J connectivity index is 3.27. The molecule has 0 aromatic carbocycles. The number of unbranched alkanes of at least 4 members (excludes halogenated alkanes) is 13. The first kappa shape index (κ1) is 24.1. The fourth-order valence-electron chi connectivity index (χ4n) is 2.97. The molecule has 0 saturated heterocycles. The molecule has 0 aliphatic carbocycles. The molecule has 0 fully saturated rings. The Kier molecular flexibility index (Phi) is 18.0. The van der Waals surface area contributed by atoms with Gasteiger partial charge in [-0.3, -0.25) is 0 Å². The van der Waals surface area contributed by atoms with E-state index in [2.05, 4.69) is 26.9 Å². The first-order valence-corrected chi connectivity index (χ1v) is 13.7. The van der Waals surface area contributed by atoms with Crippen molar-refractivity contribution in [2.75, 3.05) is 13.2 Å². The van der Waals surface area contributed by atoms with E-state index < -0.39 is 8.56 Å². The second-order valence-corrected chi connectivity index (χ2v) is 11.1. The van der Waals surface area contributed by atoms with Gasteiger partial charge in [-0.15, -0.1) is 0 Å². The molecule has 2 nitrogen and oxygen atoms in total. The molecule has 0 bridgehead atoms. The molecule has 0 aliphatic heterocycles. The summed E-state index contributed by atoms with van der Waals surface area (Å²) in [6, 6.07) is 0. The van der Waals surface area contributed by atoms with Gasteiger partial charge in [0.1, 0.15) is 0 Å².